The Balaban J connectivity index is 2.51. The third-order valence-corrected chi connectivity index (χ3v) is 2.30. The zero-order valence-electron chi connectivity index (χ0n) is 8.63. The molecule has 0 saturated heterocycles. The van der Waals surface area contributed by atoms with E-state index in [9.17, 15) is 4.79 Å². The van der Waals surface area contributed by atoms with Crippen LogP contribution in [0.5, 0.6) is 0 Å². The van der Waals surface area contributed by atoms with Gasteiger partial charge in [0.05, 0.1) is 11.3 Å². The molecule has 1 aliphatic rings. The summed E-state index contributed by atoms with van der Waals surface area (Å²) in [6, 6.07) is 3.62. The van der Waals surface area contributed by atoms with Crippen LogP contribution in [0.15, 0.2) is 12.1 Å². The molecule has 2 rings (SSSR count). The lowest BCUT2D eigenvalue weighted by molar-refractivity contribution is -0.00719. The molecule has 0 amide bonds. The van der Waals surface area contributed by atoms with Crippen LogP contribution < -0.4 is 0 Å². The molecule has 0 unspecified atom stereocenters. The average Bonchev–Trinajstić information content (AvgIpc) is 2.00. The van der Waals surface area contributed by atoms with Gasteiger partial charge in [-0.15, -0.1) is 0 Å². The van der Waals surface area contributed by atoms with Crippen LogP contribution in [-0.2, 0) is 11.2 Å². The van der Waals surface area contributed by atoms with E-state index in [1.165, 1.54) is 0 Å². The molecule has 3 heteroatoms. The second kappa shape index (κ2) is 2.80. The van der Waals surface area contributed by atoms with Crippen molar-refractivity contribution >= 4 is 5.97 Å². The highest BCUT2D eigenvalue weighted by Crippen LogP contribution is 2.26. The number of rotatable bonds is 0. The molecule has 0 N–H and O–H groups in total. The lowest BCUT2D eigenvalue weighted by Gasteiger charge is -2.30. The first-order chi connectivity index (χ1) is 6.48. The molecule has 1 aromatic rings. The van der Waals surface area contributed by atoms with Gasteiger partial charge in [0.2, 0.25) is 0 Å². The van der Waals surface area contributed by atoms with Crippen molar-refractivity contribution in [2.45, 2.75) is 32.8 Å². The van der Waals surface area contributed by atoms with Crippen molar-refractivity contribution < 1.29 is 9.53 Å². The summed E-state index contributed by atoms with van der Waals surface area (Å²) in [6.45, 7) is 5.73. The lowest BCUT2D eigenvalue weighted by atomic mass is 9.95. The number of aromatic nitrogens is 1. The first-order valence-corrected chi connectivity index (χ1v) is 4.68. The number of esters is 1. The predicted molar refractivity (Wildman–Crippen MR) is 52.2 cm³/mol. The number of hydrogen-bond donors (Lipinski definition) is 0. The molecule has 0 radical (unpaired) electrons. The smallest absolute Gasteiger partial charge is 0.340 e. The summed E-state index contributed by atoms with van der Waals surface area (Å²) >= 11 is 0. The zero-order valence-corrected chi connectivity index (χ0v) is 8.63. The minimum Gasteiger partial charge on any atom is -0.456 e. The van der Waals surface area contributed by atoms with Gasteiger partial charge in [0, 0.05) is 12.1 Å². The van der Waals surface area contributed by atoms with Crippen LogP contribution in [0.4, 0.5) is 0 Å². The monoisotopic (exact) mass is 191 g/mol. The molecule has 0 atom stereocenters. The highest BCUT2D eigenvalue weighted by molar-refractivity contribution is 5.91. The molecule has 1 aromatic heterocycles. The van der Waals surface area contributed by atoms with E-state index in [4.69, 9.17) is 4.74 Å². The predicted octanol–water partition coefficient (Wildman–Crippen LogP) is 1.88. The number of nitrogens with zero attached hydrogens (tertiary/aromatic N) is 1. The van der Waals surface area contributed by atoms with Gasteiger partial charge >= 0.3 is 5.97 Å². The normalized spacial score (nSPS) is 18.6. The Labute approximate surface area is 83.1 Å². The third-order valence-electron chi connectivity index (χ3n) is 2.30. The maximum atomic E-state index is 11.6. The standard InChI is InChI=1S/C11H13NO2/c1-7-4-5-8-9(12-7)6-11(2,3)14-10(8)13/h4-5H,6H2,1-3H3. The van der Waals surface area contributed by atoms with Crippen LogP contribution in [0.3, 0.4) is 0 Å². The molecule has 0 aromatic carbocycles. The molecule has 1 aliphatic heterocycles. The maximum absolute atomic E-state index is 11.6. The summed E-state index contributed by atoms with van der Waals surface area (Å²) < 4.78 is 5.26. The van der Waals surface area contributed by atoms with Gasteiger partial charge in [0.15, 0.2) is 0 Å². The Morgan fingerprint density at radius 3 is 2.86 bits per heavy atom. The highest BCUT2D eigenvalue weighted by Gasteiger charge is 2.32. The van der Waals surface area contributed by atoms with E-state index in [0.29, 0.717) is 12.0 Å². The van der Waals surface area contributed by atoms with Crippen LogP contribution >= 0.6 is 0 Å². The number of pyridine rings is 1. The van der Waals surface area contributed by atoms with Crippen molar-refractivity contribution in [3.05, 3.63) is 29.1 Å². The first kappa shape index (κ1) is 9.19. The van der Waals surface area contributed by atoms with E-state index in [1.54, 1.807) is 6.07 Å². The molecule has 3 nitrogen and oxygen atoms in total. The van der Waals surface area contributed by atoms with Crippen molar-refractivity contribution in [1.82, 2.24) is 4.98 Å². The second-order valence-electron chi connectivity index (χ2n) is 4.27. The molecular weight excluding hydrogens is 178 g/mol. The summed E-state index contributed by atoms with van der Waals surface area (Å²) in [7, 11) is 0. The Hall–Kier alpha value is -1.38. The summed E-state index contributed by atoms with van der Waals surface area (Å²) in [5.41, 5.74) is 1.97. The van der Waals surface area contributed by atoms with Gasteiger partial charge in [-0.1, -0.05) is 0 Å². The average molecular weight is 191 g/mol. The lowest BCUT2D eigenvalue weighted by Crippen LogP contribution is -2.36. The molecule has 0 fully saturated rings. The van der Waals surface area contributed by atoms with E-state index in [1.807, 2.05) is 26.8 Å². The van der Waals surface area contributed by atoms with E-state index >= 15 is 0 Å². The van der Waals surface area contributed by atoms with Crippen LogP contribution in [0.25, 0.3) is 0 Å². The number of ether oxygens (including phenoxy) is 1. The number of fused-ring (bicyclic) bond motifs is 1. The van der Waals surface area contributed by atoms with Gasteiger partial charge in [-0.3, -0.25) is 4.98 Å². The van der Waals surface area contributed by atoms with E-state index in [2.05, 4.69) is 4.98 Å². The number of carbonyl (C=O) groups is 1. The summed E-state index contributed by atoms with van der Waals surface area (Å²) in [5, 5.41) is 0. The fourth-order valence-electron chi connectivity index (χ4n) is 1.68. The molecule has 0 saturated carbocycles. The van der Waals surface area contributed by atoms with E-state index < -0.39 is 5.60 Å². The molecule has 2 heterocycles. The quantitative estimate of drug-likeness (QED) is 0.588. The molecule has 0 aliphatic carbocycles. The fraction of sp³-hybridized carbons (Fsp3) is 0.455. The van der Waals surface area contributed by atoms with Crippen LogP contribution in [0.2, 0.25) is 0 Å². The number of cyclic esters (lactones) is 1. The van der Waals surface area contributed by atoms with Gasteiger partial charge in [-0.05, 0) is 32.9 Å². The van der Waals surface area contributed by atoms with Gasteiger partial charge in [-0.2, -0.15) is 0 Å². The van der Waals surface area contributed by atoms with Crippen molar-refractivity contribution in [3.8, 4) is 0 Å². The topological polar surface area (TPSA) is 39.2 Å². The van der Waals surface area contributed by atoms with Crippen LogP contribution in [0, 0.1) is 6.92 Å². The SMILES string of the molecule is Cc1ccc2c(n1)CC(C)(C)OC2=O. The second-order valence-corrected chi connectivity index (χ2v) is 4.27. The third kappa shape index (κ3) is 1.50. The molecular formula is C11H13NO2. The molecule has 0 spiro atoms. The summed E-state index contributed by atoms with van der Waals surface area (Å²) in [5.74, 6) is -0.260. The minimum absolute atomic E-state index is 0.260. The zero-order chi connectivity index (χ0) is 10.3. The number of hydrogen-bond acceptors (Lipinski definition) is 3. The summed E-state index contributed by atoms with van der Waals surface area (Å²) in [4.78, 5) is 15.9. The van der Waals surface area contributed by atoms with Gasteiger partial charge in [0.25, 0.3) is 0 Å². The Morgan fingerprint density at radius 2 is 2.14 bits per heavy atom. The van der Waals surface area contributed by atoms with Crippen molar-refractivity contribution in [2.75, 3.05) is 0 Å². The highest BCUT2D eigenvalue weighted by atomic mass is 16.6. The first-order valence-electron chi connectivity index (χ1n) is 4.68. The number of carbonyl (C=O) groups excluding carboxylic acids is 1. The summed E-state index contributed by atoms with van der Waals surface area (Å²) in [6.07, 6.45) is 0.690. The fourth-order valence-corrected chi connectivity index (χ4v) is 1.68. The Morgan fingerprint density at radius 1 is 1.43 bits per heavy atom. The van der Waals surface area contributed by atoms with Crippen LogP contribution in [-0.4, -0.2) is 16.6 Å². The molecule has 14 heavy (non-hydrogen) atoms. The van der Waals surface area contributed by atoms with E-state index in [-0.39, 0.29) is 5.97 Å². The van der Waals surface area contributed by atoms with Crippen molar-refractivity contribution in [1.29, 1.82) is 0 Å². The van der Waals surface area contributed by atoms with Crippen molar-refractivity contribution in [3.63, 3.8) is 0 Å². The van der Waals surface area contributed by atoms with Crippen LogP contribution in [0.1, 0.15) is 35.6 Å². The van der Waals surface area contributed by atoms with Gasteiger partial charge in [0.1, 0.15) is 5.60 Å². The molecule has 0 bridgehead atoms. The minimum atomic E-state index is -0.426. The largest absolute Gasteiger partial charge is 0.456 e. The van der Waals surface area contributed by atoms with E-state index in [0.717, 1.165) is 11.4 Å². The maximum Gasteiger partial charge on any atom is 0.340 e. The number of aryl methyl sites for hydroxylation is 1. The van der Waals surface area contributed by atoms with Gasteiger partial charge in [-0.25, -0.2) is 4.79 Å². The Kier molecular flexibility index (Phi) is 1.84. The molecule has 74 valence electrons. The van der Waals surface area contributed by atoms with Crippen molar-refractivity contribution in [2.24, 2.45) is 0 Å². The van der Waals surface area contributed by atoms with Gasteiger partial charge < -0.3 is 4.74 Å². The Bertz CT molecular complexity index is 396.